The fourth-order valence-corrected chi connectivity index (χ4v) is 2.36. The number of aliphatic imine (C=N–C) groups is 1. The van der Waals surface area contributed by atoms with E-state index in [0.717, 1.165) is 5.56 Å². The highest BCUT2D eigenvalue weighted by Gasteiger charge is 2.22. The Bertz CT molecular complexity index is 532. The van der Waals surface area contributed by atoms with Crippen molar-refractivity contribution in [3.63, 3.8) is 0 Å². The molecule has 0 aliphatic heterocycles. The first-order chi connectivity index (χ1) is 8.59. The number of aliphatic hydroxyl groups is 1. The van der Waals surface area contributed by atoms with Gasteiger partial charge in [0.1, 0.15) is 11.4 Å². The number of hydrogen-bond donors (Lipinski definition) is 2. The minimum atomic E-state index is -0.971. The lowest BCUT2D eigenvalue weighted by Crippen LogP contribution is -2.24. The summed E-state index contributed by atoms with van der Waals surface area (Å²) in [5, 5.41) is 23.7. The summed E-state index contributed by atoms with van der Waals surface area (Å²) >= 11 is 1.55. The van der Waals surface area contributed by atoms with E-state index < -0.39 is 5.60 Å². The molecule has 0 aliphatic carbocycles. The van der Waals surface area contributed by atoms with Crippen LogP contribution < -0.4 is 0 Å². The zero-order valence-electron chi connectivity index (χ0n) is 10.1. The normalized spacial score (nSPS) is 14.8. The van der Waals surface area contributed by atoms with Crippen LogP contribution in [0.1, 0.15) is 18.1 Å². The van der Waals surface area contributed by atoms with Crippen LogP contribution in [0.3, 0.4) is 0 Å². The molecule has 0 spiro atoms. The molecule has 0 saturated carbocycles. The van der Waals surface area contributed by atoms with Gasteiger partial charge in [-0.05, 0) is 41.4 Å². The topological polar surface area (TPSA) is 52.8 Å². The Kier molecular flexibility index (Phi) is 3.79. The fraction of sp³-hybridized carbons (Fsp3) is 0.214. The maximum atomic E-state index is 10.3. The van der Waals surface area contributed by atoms with Gasteiger partial charge < -0.3 is 10.2 Å². The monoisotopic (exact) mass is 261 g/mol. The van der Waals surface area contributed by atoms with Crippen molar-refractivity contribution in [1.82, 2.24) is 0 Å². The number of benzene rings is 1. The van der Waals surface area contributed by atoms with Crippen LogP contribution in [-0.4, -0.2) is 23.0 Å². The molecule has 0 amide bonds. The highest BCUT2D eigenvalue weighted by atomic mass is 32.1. The average Bonchev–Trinajstić information content (AvgIpc) is 2.86. The second-order valence-electron chi connectivity index (χ2n) is 4.31. The summed E-state index contributed by atoms with van der Waals surface area (Å²) in [5.41, 5.74) is 0.543. The molecule has 0 aliphatic rings. The van der Waals surface area contributed by atoms with Gasteiger partial charge in [-0.1, -0.05) is 12.1 Å². The quantitative estimate of drug-likeness (QED) is 0.831. The Morgan fingerprint density at radius 3 is 2.78 bits per heavy atom. The smallest absolute Gasteiger partial charge is 0.124 e. The highest BCUT2D eigenvalue weighted by Crippen LogP contribution is 2.23. The van der Waals surface area contributed by atoms with Crippen LogP contribution in [0.15, 0.2) is 46.1 Å². The lowest BCUT2D eigenvalue weighted by atomic mass is 10.00. The van der Waals surface area contributed by atoms with Gasteiger partial charge in [-0.2, -0.15) is 11.3 Å². The summed E-state index contributed by atoms with van der Waals surface area (Å²) in [6.45, 7) is 2.00. The highest BCUT2D eigenvalue weighted by molar-refractivity contribution is 7.08. The largest absolute Gasteiger partial charge is 0.507 e. The van der Waals surface area contributed by atoms with Gasteiger partial charge in [0, 0.05) is 11.8 Å². The Hall–Kier alpha value is -1.65. The molecule has 0 fully saturated rings. The van der Waals surface area contributed by atoms with E-state index in [0.29, 0.717) is 5.56 Å². The van der Waals surface area contributed by atoms with Crippen molar-refractivity contribution in [1.29, 1.82) is 0 Å². The number of nitrogens with zero attached hydrogens (tertiary/aromatic N) is 1. The molecule has 2 rings (SSSR count). The minimum absolute atomic E-state index is 0.191. The maximum absolute atomic E-state index is 10.3. The predicted octanol–water partition coefficient (Wildman–Crippen LogP) is 2.78. The summed E-state index contributed by atoms with van der Waals surface area (Å²) in [6.07, 6.45) is 1.58. The zero-order chi connectivity index (χ0) is 13.0. The second kappa shape index (κ2) is 5.33. The van der Waals surface area contributed by atoms with E-state index in [1.165, 1.54) is 0 Å². The van der Waals surface area contributed by atoms with Crippen LogP contribution in [0, 0.1) is 0 Å². The van der Waals surface area contributed by atoms with E-state index in [2.05, 4.69) is 4.99 Å². The maximum Gasteiger partial charge on any atom is 0.124 e. The molecule has 2 aromatic rings. The lowest BCUT2D eigenvalue weighted by molar-refractivity contribution is 0.0680. The summed E-state index contributed by atoms with van der Waals surface area (Å²) in [5.74, 6) is 0.191. The van der Waals surface area contributed by atoms with E-state index >= 15 is 0 Å². The average molecular weight is 261 g/mol. The Morgan fingerprint density at radius 2 is 2.11 bits per heavy atom. The molecule has 1 heterocycles. The Balaban J connectivity index is 2.06. The van der Waals surface area contributed by atoms with Crippen molar-refractivity contribution in [2.75, 3.05) is 6.54 Å². The zero-order valence-corrected chi connectivity index (χ0v) is 10.9. The SMILES string of the molecule is CC(O)(CN=Cc1ccccc1O)c1ccsc1. The van der Waals surface area contributed by atoms with Crippen LogP contribution >= 0.6 is 11.3 Å². The van der Waals surface area contributed by atoms with Crippen LogP contribution in [-0.2, 0) is 5.60 Å². The third-order valence-corrected chi connectivity index (χ3v) is 3.39. The van der Waals surface area contributed by atoms with Gasteiger partial charge in [-0.15, -0.1) is 0 Å². The van der Waals surface area contributed by atoms with Crippen LogP contribution in [0.4, 0.5) is 0 Å². The van der Waals surface area contributed by atoms with Gasteiger partial charge in [0.2, 0.25) is 0 Å². The molecular formula is C14H15NO2S. The number of aromatic hydroxyl groups is 1. The molecule has 1 aromatic carbocycles. The molecule has 0 saturated heterocycles. The van der Waals surface area contributed by atoms with Crippen LogP contribution in [0.25, 0.3) is 0 Å². The molecule has 18 heavy (non-hydrogen) atoms. The predicted molar refractivity (Wildman–Crippen MR) is 74.5 cm³/mol. The number of rotatable bonds is 4. The standard InChI is InChI=1S/C14H15NO2S/c1-14(17,12-6-7-18-9-12)10-15-8-11-4-2-3-5-13(11)16/h2-9,16-17H,10H2,1H3. The van der Waals surface area contributed by atoms with Crippen LogP contribution in [0.2, 0.25) is 0 Å². The fourth-order valence-electron chi connectivity index (χ4n) is 1.58. The van der Waals surface area contributed by atoms with E-state index in [1.807, 2.05) is 22.9 Å². The third kappa shape index (κ3) is 2.97. The van der Waals surface area contributed by atoms with Crippen LogP contribution in [0.5, 0.6) is 5.75 Å². The van der Waals surface area contributed by atoms with Gasteiger partial charge in [0.25, 0.3) is 0 Å². The van der Waals surface area contributed by atoms with Gasteiger partial charge in [-0.25, -0.2) is 0 Å². The number of thiophene rings is 1. The molecule has 0 bridgehead atoms. The van der Waals surface area contributed by atoms with Gasteiger partial charge in [-0.3, -0.25) is 4.99 Å². The first-order valence-corrected chi connectivity index (χ1v) is 6.57. The minimum Gasteiger partial charge on any atom is -0.507 e. The van der Waals surface area contributed by atoms with Crippen molar-refractivity contribution in [2.24, 2.45) is 4.99 Å². The van der Waals surface area contributed by atoms with Gasteiger partial charge >= 0.3 is 0 Å². The number of phenols is 1. The number of para-hydroxylation sites is 1. The molecule has 1 unspecified atom stereocenters. The molecule has 94 valence electrons. The van der Waals surface area contributed by atoms with Crippen molar-refractivity contribution in [3.8, 4) is 5.75 Å². The molecular weight excluding hydrogens is 246 g/mol. The van der Waals surface area contributed by atoms with Gasteiger partial charge in [0.15, 0.2) is 0 Å². The Morgan fingerprint density at radius 1 is 1.33 bits per heavy atom. The molecule has 1 atom stereocenters. The number of hydrogen-bond acceptors (Lipinski definition) is 4. The molecule has 1 aromatic heterocycles. The third-order valence-electron chi connectivity index (χ3n) is 2.71. The van der Waals surface area contributed by atoms with Crippen molar-refractivity contribution >= 4 is 17.6 Å². The van der Waals surface area contributed by atoms with Crippen molar-refractivity contribution in [3.05, 3.63) is 52.2 Å². The van der Waals surface area contributed by atoms with Crippen molar-refractivity contribution < 1.29 is 10.2 Å². The van der Waals surface area contributed by atoms with E-state index in [1.54, 1.807) is 42.7 Å². The van der Waals surface area contributed by atoms with E-state index in [-0.39, 0.29) is 12.3 Å². The molecule has 3 nitrogen and oxygen atoms in total. The molecule has 0 radical (unpaired) electrons. The first-order valence-electron chi connectivity index (χ1n) is 5.62. The van der Waals surface area contributed by atoms with Gasteiger partial charge in [0.05, 0.1) is 6.54 Å². The van der Waals surface area contributed by atoms with Crippen molar-refractivity contribution in [2.45, 2.75) is 12.5 Å². The summed E-state index contributed by atoms with van der Waals surface area (Å²) in [6, 6.07) is 8.86. The summed E-state index contributed by atoms with van der Waals surface area (Å²) in [7, 11) is 0. The first kappa shape index (κ1) is 12.8. The van der Waals surface area contributed by atoms with E-state index in [4.69, 9.17) is 0 Å². The molecule has 2 N–H and O–H groups in total. The molecule has 4 heteroatoms. The summed E-state index contributed by atoms with van der Waals surface area (Å²) < 4.78 is 0. The summed E-state index contributed by atoms with van der Waals surface area (Å²) in [4.78, 5) is 4.20. The van der Waals surface area contributed by atoms with E-state index in [9.17, 15) is 10.2 Å². The Labute approximate surface area is 110 Å². The number of phenolic OH excluding ortho intramolecular Hbond substituents is 1. The second-order valence-corrected chi connectivity index (χ2v) is 5.09. The lowest BCUT2D eigenvalue weighted by Gasteiger charge is -2.19.